The summed E-state index contributed by atoms with van der Waals surface area (Å²) in [5, 5.41) is 0. The molecule has 0 saturated heterocycles. The molecule has 0 spiro atoms. The molecule has 0 atom stereocenters. The van der Waals surface area contributed by atoms with Gasteiger partial charge in [-0.15, -0.1) is 36.4 Å². The second-order valence-corrected chi connectivity index (χ2v) is 10.8. The van der Waals surface area contributed by atoms with Crippen LogP contribution in [0.5, 0.6) is 0 Å². The molecule has 0 aliphatic heterocycles. The third-order valence-corrected chi connectivity index (χ3v) is 7.08. The largest absolute Gasteiger partial charge is 4.00 e. The van der Waals surface area contributed by atoms with Crippen LogP contribution in [0.25, 0.3) is 0 Å². The van der Waals surface area contributed by atoms with Gasteiger partial charge in [-0.1, -0.05) is 116 Å². The molecule has 0 aromatic heterocycles. The number of hydrogen-bond donors (Lipinski definition) is 0. The summed E-state index contributed by atoms with van der Waals surface area (Å²) in [7, 11) is 0. The Bertz CT molecular complexity index is 998. The predicted molar refractivity (Wildman–Crippen MR) is 183 cm³/mol. The van der Waals surface area contributed by atoms with Gasteiger partial charge in [0.25, 0.3) is 0 Å². The first kappa shape index (κ1) is 39.6. The van der Waals surface area contributed by atoms with Crippen molar-refractivity contribution in [1.82, 2.24) is 0 Å². The van der Waals surface area contributed by atoms with E-state index in [1.807, 2.05) is 91.0 Å². The summed E-state index contributed by atoms with van der Waals surface area (Å²) in [6.07, 6.45) is 16.8. The number of allylic oxidation sites excluding steroid dienone is 4. The molecule has 4 rings (SSSR count). The van der Waals surface area contributed by atoms with Crippen molar-refractivity contribution in [3.05, 3.63) is 151 Å². The van der Waals surface area contributed by atoms with Gasteiger partial charge in [-0.25, -0.2) is 5.57 Å². The van der Waals surface area contributed by atoms with Crippen LogP contribution in [0.3, 0.4) is 0 Å². The molecule has 1 heteroatoms. The quantitative estimate of drug-likeness (QED) is 0.144. The molecular formula is C41H56Hf. The fourth-order valence-corrected chi connectivity index (χ4v) is 5.41. The smallest absolute Gasteiger partial charge is 0.262 e. The summed E-state index contributed by atoms with van der Waals surface area (Å²) < 4.78 is 0. The minimum absolute atomic E-state index is 0. The van der Waals surface area contributed by atoms with Gasteiger partial charge in [0.2, 0.25) is 0 Å². The van der Waals surface area contributed by atoms with Crippen LogP contribution in [-0.2, 0) is 25.8 Å². The van der Waals surface area contributed by atoms with Crippen molar-refractivity contribution in [2.75, 3.05) is 0 Å². The van der Waals surface area contributed by atoms with Gasteiger partial charge in [0.15, 0.2) is 0 Å². The molecule has 0 radical (unpaired) electrons. The van der Waals surface area contributed by atoms with Gasteiger partial charge in [0, 0.05) is 0 Å². The minimum Gasteiger partial charge on any atom is -0.262 e. The maximum Gasteiger partial charge on any atom is 4.00 e. The fourth-order valence-electron chi connectivity index (χ4n) is 5.41. The van der Waals surface area contributed by atoms with Crippen LogP contribution in [0.2, 0.25) is 0 Å². The molecule has 224 valence electrons. The first-order chi connectivity index (χ1) is 19.9. The number of benzene rings is 3. The van der Waals surface area contributed by atoms with E-state index in [1.165, 1.54) is 64.2 Å². The van der Waals surface area contributed by atoms with E-state index in [0.29, 0.717) is 5.41 Å². The summed E-state index contributed by atoms with van der Waals surface area (Å²) in [6.45, 7) is 22.8. The van der Waals surface area contributed by atoms with Gasteiger partial charge in [0.05, 0.1) is 0 Å². The van der Waals surface area contributed by atoms with E-state index >= 15 is 0 Å². The average Bonchev–Trinajstić information content (AvgIpc) is 3.23. The number of hydrogen-bond acceptors (Lipinski definition) is 0. The Morgan fingerprint density at radius 1 is 0.500 bits per heavy atom. The molecule has 0 unspecified atom stereocenters. The zero-order valence-corrected chi connectivity index (χ0v) is 30.9. The summed E-state index contributed by atoms with van der Waals surface area (Å²) in [5.74, 6) is 0. The van der Waals surface area contributed by atoms with Crippen LogP contribution >= 0.6 is 0 Å². The maximum atomic E-state index is 4.02. The molecule has 3 aromatic rings. The third kappa shape index (κ3) is 15.2. The van der Waals surface area contributed by atoms with Crippen LogP contribution in [0.1, 0.15) is 116 Å². The van der Waals surface area contributed by atoms with E-state index < -0.39 is 0 Å². The molecule has 0 amide bonds. The first-order valence-electron chi connectivity index (χ1n) is 15.8. The normalized spacial score (nSPS) is 12.7. The fraction of sp³-hybridized carbons (Fsp3) is 0.390. The summed E-state index contributed by atoms with van der Waals surface area (Å²) in [6, 6.07) is 29.6. The van der Waals surface area contributed by atoms with Crippen LogP contribution in [0, 0.1) is 32.3 Å². The van der Waals surface area contributed by atoms with Crippen molar-refractivity contribution < 1.29 is 25.8 Å². The molecule has 1 aliphatic rings. The second-order valence-electron chi connectivity index (χ2n) is 10.8. The van der Waals surface area contributed by atoms with Gasteiger partial charge in [-0.3, -0.25) is 6.08 Å². The molecule has 0 nitrogen and oxygen atoms in total. The Hall–Kier alpha value is -2.38. The van der Waals surface area contributed by atoms with E-state index in [0.717, 1.165) is 16.7 Å². The average molecular weight is 727 g/mol. The van der Waals surface area contributed by atoms with E-state index in [9.17, 15) is 0 Å². The van der Waals surface area contributed by atoms with E-state index in [2.05, 4.69) is 61.5 Å². The second kappa shape index (κ2) is 24.1. The summed E-state index contributed by atoms with van der Waals surface area (Å²) in [5.41, 5.74) is 8.58. The van der Waals surface area contributed by atoms with Gasteiger partial charge in [0.1, 0.15) is 0 Å². The van der Waals surface area contributed by atoms with Crippen LogP contribution in [-0.4, -0.2) is 0 Å². The van der Waals surface area contributed by atoms with Crippen LogP contribution in [0.15, 0.2) is 108 Å². The molecule has 0 saturated carbocycles. The first-order valence-corrected chi connectivity index (χ1v) is 15.8. The molecule has 0 heterocycles. The van der Waals surface area contributed by atoms with Gasteiger partial charge in [-0.05, 0) is 6.42 Å². The molecule has 42 heavy (non-hydrogen) atoms. The molecular weight excluding hydrogens is 671 g/mol. The Kier molecular flexibility index (Phi) is 22.7. The van der Waals surface area contributed by atoms with Gasteiger partial charge < -0.3 is 0 Å². The van der Waals surface area contributed by atoms with E-state index in [1.54, 1.807) is 16.7 Å². The van der Waals surface area contributed by atoms with Gasteiger partial charge >= 0.3 is 25.8 Å². The standard InChI is InChI=1S/C20H35.3C7H7.Hf/c1-6-11-17-16-20(14-9-4,15-10-5)19(13-8-3)18(17)12-7-2;3*1-7-5-3-2-4-6-7;/h6-15H2,1-5H3;3*2-6H,1H2;/q4*-1;+4. The molecule has 3 aromatic carbocycles. The van der Waals surface area contributed by atoms with Crippen molar-refractivity contribution in [3.63, 3.8) is 0 Å². The Labute approximate surface area is 279 Å². The Balaban J connectivity index is 0.000000619. The summed E-state index contributed by atoms with van der Waals surface area (Å²) >= 11 is 0. The predicted octanol–water partition coefficient (Wildman–Crippen LogP) is 12.6. The van der Waals surface area contributed by atoms with Crippen LogP contribution < -0.4 is 0 Å². The maximum absolute atomic E-state index is 4.02. The summed E-state index contributed by atoms with van der Waals surface area (Å²) in [4.78, 5) is 0. The van der Waals surface area contributed by atoms with E-state index in [-0.39, 0.29) is 25.8 Å². The molecule has 1 aliphatic carbocycles. The number of rotatable bonds is 10. The third-order valence-electron chi connectivity index (χ3n) is 7.08. The molecule has 0 N–H and O–H groups in total. The van der Waals surface area contributed by atoms with Crippen molar-refractivity contribution >= 4 is 0 Å². The van der Waals surface area contributed by atoms with Gasteiger partial charge in [-0.2, -0.15) is 85.0 Å². The van der Waals surface area contributed by atoms with Crippen molar-refractivity contribution in [3.8, 4) is 0 Å². The molecule has 0 bridgehead atoms. The zero-order chi connectivity index (χ0) is 30.3. The van der Waals surface area contributed by atoms with Crippen molar-refractivity contribution in [2.24, 2.45) is 5.41 Å². The van der Waals surface area contributed by atoms with Crippen molar-refractivity contribution in [1.29, 1.82) is 0 Å². The Morgan fingerprint density at radius 2 is 0.857 bits per heavy atom. The topological polar surface area (TPSA) is 0 Å². The van der Waals surface area contributed by atoms with Crippen LogP contribution in [0.4, 0.5) is 0 Å². The monoisotopic (exact) mass is 728 g/mol. The Morgan fingerprint density at radius 3 is 1.12 bits per heavy atom. The zero-order valence-electron chi connectivity index (χ0n) is 27.4. The molecule has 0 fully saturated rings. The SMILES string of the molecule is CCCC1=[C-]C(CCC)(CCC)C(CCC)=C1CCC.[CH2-]c1ccccc1.[CH2-]c1ccccc1.[CH2-]c1ccccc1.[Hf+4]. The van der Waals surface area contributed by atoms with E-state index in [4.69, 9.17) is 0 Å². The minimum atomic E-state index is 0. The van der Waals surface area contributed by atoms with Crippen molar-refractivity contribution in [2.45, 2.75) is 98.8 Å².